The van der Waals surface area contributed by atoms with Crippen molar-refractivity contribution in [3.05, 3.63) is 64.4 Å². The molecule has 0 fully saturated rings. The molecule has 0 aliphatic rings. The molecule has 0 radical (unpaired) electrons. The molecule has 0 bridgehead atoms. The van der Waals surface area contributed by atoms with E-state index in [9.17, 15) is 17.6 Å². The first-order valence-electron chi connectivity index (χ1n) is 6.02. The van der Waals surface area contributed by atoms with E-state index in [1.54, 1.807) is 0 Å². The minimum atomic E-state index is -3.83. The van der Waals surface area contributed by atoms with Gasteiger partial charge in [0.25, 0.3) is 0 Å². The smallest absolute Gasteiger partial charge is 0.338 e. The van der Waals surface area contributed by atoms with Gasteiger partial charge in [-0.1, -0.05) is 17.7 Å². The molecule has 0 atom stereocenters. The first kappa shape index (κ1) is 16.4. The average molecular weight is 344 g/mol. The summed E-state index contributed by atoms with van der Waals surface area (Å²) in [6.07, 6.45) is 0. The summed E-state index contributed by atoms with van der Waals surface area (Å²) in [4.78, 5) is 11.7. The van der Waals surface area contributed by atoms with Gasteiger partial charge in [-0.3, -0.25) is 0 Å². The van der Waals surface area contributed by atoms with Crippen LogP contribution >= 0.6 is 11.6 Å². The van der Waals surface area contributed by atoms with Crippen molar-refractivity contribution >= 4 is 27.6 Å². The van der Waals surface area contributed by atoms with E-state index in [2.05, 4.69) is 0 Å². The lowest BCUT2D eigenvalue weighted by Crippen LogP contribution is -2.12. The van der Waals surface area contributed by atoms with Gasteiger partial charge in [-0.05, 0) is 36.4 Å². The Morgan fingerprint density at radius 1 is 1.18 bits per heavy atom. The van der Waals surface area contributed by atoms with Crippen LogP contribution in [-0.2, 0) is 21.4 Å². The number of carbonyl (C=O) groups excluding carboxylic acids is 1. The number of hydrogen-bond acceptors (Lipinski definition) is 4. The number of ether oxygens (including phenoxy) is 1. The summed E-state index contributed by atoms with van der Waals surface area (Å²) in [6, 6.07) is 9.00. The molecule has 116 valence electrons. The molecule has 0 unspecified atom stereocenters. The van der Waals surface area contributed by atoms with E-state index < -0.39 is 21.8 Å². The van der Waals surface area contributed by atoms with Crippen molar-refractivity contribution in [1.82, 2.24) is 0 Å². The van der Waals surface area contributed by atoms with Crippen LogP contribution in [0.5, 0.6) is 0 Å². The molecule has 8 heteroatoms. The number of carbonyl (C=O) groups is 1. The Bertz CT molecular complexity index is 786. The van der Waals surface area contributed by atoms with Crippen molar-refractivity contribution in [2.24, 2.45) is 5.14 Å². The third-order valence-electron chi connectivity index (χ3n) is 2.83. The third-order valence-corrected chi connectivity index (χ3v) is 4.11. The van der Waals surface area contributed by atoms with Crippen LogP contribution < -0.4 is 5.14 Å². The van der Waals surface area contributed by atoms with Crippen LogP contribution in [0.15, 0.2) is 47.4 Å². The van der Waals surface area contributed by atoms with Gasteiger partial charge in [-0.25, -0.2) is 22.7 Å². The van der Waals surface area contributed by atoms with E-state index in [0.717, 1.165) is 0 Å². The standard InChI is InChI=1S/C14H11ClFNO4S/c15-12-2-1-3-13(16)11(12)8-21-14(18)9-4-6-10(7-5-9)22(17,19)20/h1-7H,8H2,(H2,17,19,20). The Morgan fingerprint density at radius 2 is 1.82 bits per heavy atom. The Balaban J connectivity index is 2.10. The lowest BCUT2D eigenvalue weighted by Gasteiger charge is -2.08. The van der Waals surface area contributed by atoms with E-state index >= 15 is 0 Å². The van der Waals surface area contributed by atoms with Gasteiger partial charge < -0.3 is 4.74 Å². The summed E-state index contributed by atoms with van der Waals surface area (Å²) in [5.41, 5.74) is 0.179. The zero-order chi connectivity index (χ0) is 16.3. The summed E-state index contributed by atoms with van der Waals surface area (Å²) < 4.78 is 40.7. The molecule has 0 aliphatic carbocycles. The van der Waals surface area contributed by atoms with Crippen molar-refractivity contribution in [3.63, 3.8) is 0 Å². The van der Waals surface area contributed by atoms with E-state index in [-0.39, 0.29) is 27.7 Å². The minimum absolute atomic E-state index is 0.0682. The van der Waals surface area contributed by atoms with Gasteiger partial charge in [0.15, 0.2) is 0 Å². The normalized spacial score (nSPS) is 11.2. The molecule has 0 amide bonds. The van der Waals surface area contributed by atoms with Crippen LogP contribution in [0.25, 0.3) is 0 Å². The maximum atomic E-state index is 13.5. The maximum absolute atomic E-state index is 13.5. The molecule has 0 saturated heterocycles. The van der Waals surface area contributed by atoms with Crippen molar-refractivity contribution in [2.45, 2.75) is 11.5 Å². The third kappa shape index (κ3) is 3.82. The fourth-order valence-corrected chi connectivity index (χ4v) is 2.40. The second-order valence-electron chi connectivity index (χ2n) is 4.35. The van der Waals surface area contributed by atoms with Crippen LogP contribution in [0.2, 0.25) is 5.02 Å². The molecule has 2 N–H and O–H groups in total. The number of hydrogen-bond donors (Lipinski definition) is 1. The lowest BCUT2D eigenvalue weighted by molar-refractivity contribution is 0.0469. The van der Waals surface area contributed by atoms with Crippen molar-refractivity contribution < 1.29 is 22.3 Å². The highest BCUT2D eigenvalue weighted by molar-refractivity contribution is 7.89. The van der Waals surface area contributed by atoms with Crippen LogP contribution in [0.1, 0.15) is 15.9 Å². The summed E-state index contributed by atoms with van der Waals surface area (Å²) in [5.74, 6) is -1.31. The highest BCUT2D eigenvalue weighted by Crippen LogP contribution is 2.20. The number of sulfonamides is 1. The van der Waals surface area contributed by atoms with E-state index in [1.165, 1.54) is 42.5 Å². The highest BCUT2D eigenvalue weighted by atomic mass is 35.5. The monoisotopic (exact) mass is 343 g/mol. The Morgan fingerprint density at radius 3 is 2.36 bits per heavy atom. The van der Waals surface area contributed by atoms with Gasteiger partial charge in [-0.15, -0.1) is 0 Å². The molecule has 2 aromatic carbocycles. The summed E-state index contributed by atoms with van der Waals surface area (Å²) in [6.45, 7) is -0.332. The SMILES string of the molecule is NS(=O)(=O)c1ccc(C(=O)OCc2c(F)cccc2Cl)cc1. The van der Waals surface area contributed by atoms with E-state index in [1.807, 2.05) is 0 Å². The molecule has 0 saturated carbocycles. The maximum Gasteiger partial charge on any atom is 0.338 e. The predicted octanol–water partition coefficient (Wildman–Crippen LogP) is 2.48. The first-order valence-corrected chi connectivity index (χ1v) is 7.94. The minimum Gasteiger partial charge on any atom is -0.457 e. The zero-order valence-corrected chi connectivity index (χ0v) is 12.7. The number of nitrogens with two attached hydrogens (primary N) is 1. The number of esters is 1. The number of benzene rings is 2. The molecule has 0 aromatic heterocycles. The fraction of sp³-hybridized carbons (Fsp3) is 0.0714. The van der Waals surface area contributed by atoms with Gasteiger partial charge >= 0.3 is 5.97 Å². The molecule has 0 aliphatic heterocycles. The topological polar surface area (TPSA) is 86.5 Å². The predicted molar refractivity (Wildman–Crippen MR) is 78.3 cm³/mol. The van der Waals surface area contributed by atoms with E-state index in [0.29, 0.717) is 0 Å². The van der Waals surface area contributed by atoms with Gasteiger partial charge in [-0.2, -0.15) is 0 Å². The van der Waals surface area contributed by atoms with Gasteiger partial charge in [0.1, 0.15) is 12.4 Å². The molecular weight excluding hydrogens is 333 g/mol. The first-order chi connectivity index (χ1) is 10.3. The van der Waals surface area contributed by atoms with Gasteiger partial charge in [0, 0.05) is 5.56 Å². The van der Waals surface area contributed by atoms with E-state index in [4.69, 9.17) is 21.5 Å². The zero-order valence-electron chi connectivity index (χ0n) is 11.1. The summed E-state index contributed by atoms with van der Waals surface area (Å²) in [5, 5.41) is 5.10. The van der Waals surface area contributed by atoms with Crippen molar-refractivity contribution in [3.8, 4) is 0 Å². The molecule has 2 aromatic rings. The molecule has 2 rings (SSSR count). The fourth-order valence-electron chi connectivity index (χ4n) is 1.67. The van der Waals surface area contributed by atoms with Gasteiger partial charge in [0.2, 0.25) is 10.0 Å². The van der Waals surface area contributed by atoms with Gasteiger partial charge in [0.05, 0.1) is 15.5 Å². The lowest BCUT2D eigenvalue weighted by atomic mass is 10.2. The quantitative estimate of drug-likeness (QED) is 0.864. The average Bonchev–Trinajstić information content (AvgIpc) is 2.46. The van der Waals surface area contributed by atoms with Crippen molar-refractivity contribution in [2.75, 3.05) is 0 Å². The number of primary sulfonamides is 1. The molecule has 5 nitrogen and oxygen atoms in total. The van der Waals surface area contributed by atoms with Crippen LogP contribution in [0, 0.1) is 5.82 Å². The Labute approximate surface area is 131 Å². The van der Waals surface area contributed by atoms with Crippen LogP contribution in [-0.4, -0.2) is 14.4 Å². The largest absolute Gasteiger partial charge is 0.457 e. The Hall–Kier alpha value is -1.96. The molecular formula is C14H11ClFNO4S. The highest BCUT2D eigenvalue weighted by Gasteiger charge is 2.13. The number of rotatable bonds is 4. The molecule has 0 spiro atoms. The molecule has 0 heterocycles. The number of halogens is 2. The van der Waals surface area contributed by atoms with Crippen molar-refractivity contribution in [1.29, 1.82) is 0 Å². The summed E-state index contributed by atoms with van der Waals surface area (Å²) in [7, 11) is -3.83. The molecule has 22 heavy (non-hydrogen) atoms. The second-order valence-corrected chi connectivity index (χ2v) is 6.31. The summed E-state index contributed by atoms with van der Waals surface area (Å²) >= 11 is 5.82. The van der Waals surface area contributed by atoms with Crippen LogP contribution in [0.4, 0.5) is 4.39 Å². The second kappa shape index (κ2) is 6.43. The van der Waals surface area contributed by atoms with Crippen LogP contribution in [0.3, 0.4) is 0 Å². The Kier molecular flexibility index (Phi) is 4.80.